The first-order valence-electron chi connectivity index (χ1n) is 9.28. The summed E-state index contributed by atoms with van der Waals surface area (Å²) in [6.45, 7) is 1.87. The highest BCUT2D eigenvalue weighted by Crippen LogP contribution is 2.33. The number of rotatable bonds is 5. The first-order valence-corrected chi connectivity index (χ1v) is 9.28. The van der Waals surface area contributed by atoms with E-state index in [9.17, 15) is 0 Å². The van der Waals surface area contributed by atoms with Gasteiger partial charge >= 0.3 is 0 Å². The second kappa shape index (κ2) is 7.32. The molecule has 0 N–H and O–H groups in total. The van der Waals surface area contributed by atoms with Crippen molar-refractivity contribution >= 4 is 0 Å². The van der Waals surface area contributed by atoms with E-state index in [1.807, 2.05) is 47.4 Å². The molecular weight excluding hydrogens is 354 g/mol. The van der Waals surface area contributed by atoms with E-state index in [1.165, 1.54) is 5.56 Å². The number of pyridine rings is 2. The van der Waals surface area contributed by atoms with Crippen LogP contribution in [0.5, 0.6) is 0 Å². The Morgan fingerprint density at radius 3 is 2.79 bits per heavy atom. The van der Waals surface area contributed by atoms with E-state index in [1.54, 1.807) is 18.7 Å². The Kier molecular flexibility index (Phi) is 4.38. The standard InChI is InChI=1S/C20H19N7O/c1-2-17(26(10-1)13-15-5-7-21-8-6-15)20-24-19(25-28-20)16-3-4-18(23-12-16)27-11-9-22-14-27/h3-9,11-12,14,17H,1-2,10,13H2/t17-/m1/s1. The van der Waals surface area contributed by atoms with E-state index in [-0.39, 0.29) is 6.04 Å². The average Bonchev–Trinajstić information content (AvgIpc) is 3.50. The fourth-order valence-electron chi connectivity index (χ4n) is 3.57. The summed E-state index contributed by atoms with van der Waals surface area (Å²) in [6, 6.07) is 8.09. The highest BCUT2D eigenvalue weighted by atomic mass is 16.5. The summed E-state index contributed by atoms with van der Waals surface area (Å²) in [6.07, 6.45) is 12.8. The second-order valence-electron chi connectivity index (χ2n) is 6.82. The van der Waals surface area contributed by atoms with Crippen LogP contribution in [0, 0.1) is 0 Å². The normalized spacial score (nSPS) is 17.2. The van der Waals surface area contributed by atoms with E-state index in [2.05, 4.69) is 30.0 Å². The maximum Gasteiger partial charge on any atom is 0.244 e. The zero-order valence-corrected chi connectivity index (χ0v) is 15.2. The molecule has 28 heavy (non-hydrogen) atoms. The quantitative estimate of drug-likeness (QED) is 0.531. The molecule has 1 atom stereocenters. The van der Waals surface area contributed by atoms with Gasteiger partial charge in [-0.1, -0.05) is 5.16 Å². The third-order valence-electron chi connectivity index (χ3n) is 5.00. The molecule has 8 heteroatoms. The summed E-state index contributed by atoms with van der Waals surface area (Å²) in [4.78, 5) is 19.6. The minimum atomic E-state index is 0.146. The lowest BCUT2D eigenvalue weighted by Crippen LogP contribution is -2.23. The molecule has 0 spiro atoms. The van der Waals surface area contributed by atoms with Gasteiger partial charge in [-0.2, -0.15) is 4.98 Å². The molecule has 0 saturated carbocycles. The number of imidazole rings is 1. The molecule has 1 saturated heterocycles. The lowest BCUT2D eigenvalue weighted by Gasteiger charge is -2.21. The first-order chi connectivity index (χ1) is 13.9. The number of nitrogens with zero attached hydrogens (tertiary/aromatic N) is 7. The van der Waals surface area contributed by atoms with Crippen LogP contribution in [0.2, 0.25) is 0 Å². The molecule has 5 rings (SSSR count). The average molecular weight is 373 g/mol. The van der Waals surface area contributed by atoms with Crippen molar-refractivity contribution < 1.29 is 4.52 Å². The Morgan fingerprint density at radius 1 is 1.07 bits per heavy atom. The Hall–Kier alpha value is -3.39. The Morgan fingerprint density at radius 2 is 2.00 bits per heavy atom. The third-order valence-corrected chi connectivity index (χ3v) is 5.00. The lowest BCUT2D eigenvalue weighted by atomic mass is 10.2. The van der Waals surface area contributed by atoms with Crippen molar-refractivity contribution in [2.45, 2.75) is 25.4 Å². The summed E-state index contributed by atoms with van der Waals surface area (Å²) < 4.78 is 7.46. The predicted octanol–water partition coefficient (Wildman–Crippen LogP) is 3.05. The van der Waals surface area contributed by atoms with Gasteiger partial charge in [-0.25, -0.2) is 9.97 Å². The molecule has 5 heterocycles. The molecule has 0 unspecified atom stereocenters. The van der Waals surface area contributed by atoms with Crippen molar-refractivity contribution in [1.29, 1.82) is 0 Å². The monoisotopic (exact) mass is 373 g/mol. The molecule has 0 radical (unpaired) electrons. The molecule has 0 bridgehead atoms. The van der Waals surface area contributed by atoms with Crippen LogP contribution in [0.4, 0.5) is 0 Å². The van der Waals surface area contributed by atoms with E-state index in [0.717, 1.165) is 37.3 Å². The van der Waals surface area contributed by atoms with Crippen LogP contribution >= 0.6 is 0 Å². The van der Waals surface area contributed by atoms with Crippen molar-refractivity contribution in [1.82, 2.24) is 34.6 Å². The van der Waals surface area contributed by atoms with Crippen molar-refractivity contribution in [2.75, 3.05) is 6.54 Å². The van der Waals surface area contributed by atoms with Gasteiger partial charge < -0.3 is 4.52 Å². The van der Waals surface area contributed by atoms with E-state index >= 15 is 0 Å². The summed E-state index contributed by atoms with van der Waals surface area (Å²) >= 11 is 0. The Bertz CT molecular complexity index is 1030. The van der Waals surface area contributed by atoms with Crippen molar-refractivity contribution in [3.63, 3.8) is 0 Å². The molecule has 0 amide bonds. The van der Waals surface area contributed by atoms with Crippen molar-refractivity contribution in [3.8, 4) is 17.2 Å². The molecule has 1 fully saturated rings. The molecule has 1 aliphatic heterocycles. The third kappa shape index (κ3) is 3.29. The molecule has 1 aliphatic rings. The summed E-state index contributed by atoms with van der Waals surface area (Å²) in [5.41, 5.74) is 2.07. The van der Waals surface area contributed by atoms with Crippen LogP contribution in [0.3, 0.4) is 0 Å². The molecule has 4 aromatic rings. The summed E-state index contributed by atoms with van der Waals surface area (Å²) in [5, 5.41) is 4.18. The molecule has 0 aliphatic carbocycles. The maximum absolute atomic E-state index is 5.62. The summed E-state index contributed by atoms with van der Waals surface area (Å²) in [7, 11) is 0. The van der Waals surface area contributed by atoms with Crippen LogP contribution in [0.15, 0.2) is 66.1 Å². The Labute approximate surface area is 161 Å². The van der Waals surface area contributed by atoms with Gasteiger partial charge in [-0.3, -0.25) is 14.5 Å². The van der Waals surface area contributed by atoms with Gasteiger partial charge in [0.2, 0.25) is 11.7 Å². The largest absolute Gasteiger partial charge is 0.337 e. The van der Waals surface area contributed by atoms with E-state index in [0.29, 0.717) is 11.7 Å². The smallest absolute Gasteiger partial charge is 0.244 e. The highest BCUT2D eigenvalue weighted by molar-refractivity contribution is 5.53. The number of hydrogen-bond acceptors (Lipinski definition) is 7. The highest BCUT2D eigenvalue weighted by Gasteiger charge is 2.30. The zero-order chi connectivity index (χ0) is 18.8. The molecule has 8 nitrogen and oxygen atoms in total. The van der Waals surface area contributed by atoms with Gasteiger partial charge in [0.05, 0.1) is 6.04 Å². The van der Waals surface area contributed by atoms with E-state index in [4.69, 9.17) is 4.52 Å². The van der Waals surface area contributed by atoms with Gasteiger partial charge in [0, 0.05) is 43.1 Å². The van der Waals surface area contributed by atoms with Crippen molar-refractivity contribution in [3.05, 3.63) is 73.0 Å². The minimum absolute atomic E-state index is 0.146. The minimum Gasteiger partial charge on any atom is -0.337 e. The van der Waals surface area contributed by atoms with Crippen LogP contribution < -0.4 is 0 Å². The van der Waals surface area contributed by atoms with Crippen molar-refractivity contribution in [2.24, 2.45) is 0 Å². The summed E-state index contributed by atoms with van der Waals surface area (Å²) in [5.74, 6) is 2.03. The van der Waals surface area contributed by atoms with Crippen LogP contribution in [0.25, 0.3) is 17.2 Å². The molecule has 140 valence electrons. The second-order valence-corrected chi connectivity index (χ2v) is 6.82. The topological polar surface area (TPSA) is 85.8 Å². The van der Waals surface area contributed by atoms with E-state index < -0.39 is 0 Å². The molecule has 0 aromatic carbocycles. The Balaban J connectivity index is 1.34. The van der Waals surface area contributed by atoms with Crippen LogP contribution in [0.1, 0.15) is 30.3 Å². The molecular formula is C20H19N7O. The number of likely N-dealkylation sites (tertiary alicyclic amines) is 1. The van der Waals surface area contributed by atoms with Gasteiger partial charge in [-0.15, -0.1) is 0 Å². The van der Waals surface area contributed by atoms with Gasteiger partial charge in [0.25, 0.3) is 0 Å². The van der Waals surface area contributed by atoms with Gasteiger partial charge in [-0.05, 0) is 49.2 Å². The lowest BCUT2D eigenvalue weighted by molar-refractivity contribution is 0.201. The predicted molar refractivity (Wildman–Crippen MR) is 101 cm³/mol. The number of aromatic nitrogens is 6. The molecule has 4 aromatic heterocycles. The zero-order valence-electron chi connectivity index (χ0n) is 15.2. The SMILES string of the molecule is c1cc(CN2CCC[C@@H]2c2nc(-c3ccc(-n4ccnc4)nc3)no2)ccn1. The fourth-order valence-corrected chi connectivity index (χ4v) is 3.57. The van der Waals surface area contributed by atoms with Crippen LogP contribution in [-0.4, -0.2) is 41.1 Å². The number of hydrogen-bond donors (Lipinski definition) is 0. The maximum atomic E-state index is 5.62. The van der Waals surface area contributed by atoms with Gasteiger partial charge in [0.1, 0.15) is 12.1 Å². The van der Waals surface area contributed by atoms with Gasteiger partial charge in [0.15, 0.2) is 0 Å². The first kappa shape index (κ1) is 16.8. The van der Waals surface area contributed by atoms with Crippen LogP contribution in [-0.2, 0) is 6.54 Å². The fraction of sp³-hybridized carbons (Fsp3) is 0.250.